The minimum absolute atomic E-state index is 0.250. The van der Waals surface area contributed by atoms with E-state index >= 15 is 0 Å². The van der Waals surface area contributed by atoms with Gasteiger partial charge in [-0.05, 0) is 17.7 Å². The van der Waals surface area contributed by atoms with E-state index in [1.54, 1.807) is 24.2 Å². The summed E-state index contributed by atoms with van der Waals surface area (Å²) >= 11 is 0. The van der Waals surface area contributed by atoms with Gasteiger partial charge in [0.15, 0.2) is 5.65 Å². The first kappa shape index (κ1) is 15.1. The topological polar surface area (TPSA) is 66.9 Å². The Morgan fingerprint density at radius 1 is 1.26 bits per heavy atom. The van der Waals surface area contributed by atoms with E-state index < -0.39 is 6.36 Å². The molecular formula is C14H12F3N5O. The molecule has 0 fully saturated rings. The Kier molecular flexibility index (Phi) is 3.77. The number of nitrogens with one attached hydrogen (secondary N) is 1. The van der Waals surface area contributed by atoms with Crippen LogP contribution in [0.25, 0.3) is 11.0 Å². The van der Waals surface area contributed by atoms with Crippen molar-refractivity contribution in [3.8, 4) is 5.75 Å². The summed E-state index contributed by atoms with van der Waals surface area (Å²) in [5.74, 6) is 0.380. The first-order valence-corrected chi connectivity index (χ1v) is 6.62. The highest BCUT2D eigenvalue weighted by Crippen LogP contribution is 2.25. The maximum absolute atomic E-state index is 12.3. The van der Waals surface area contributed by atoms with Gasteiger partial charge in [-0.15, -0.1) is 13.2 Å². The van der Waals surface area contributed by atoms with Crippen molar-refractivity contribution in [3.05, 3.63) is 42.4 Å². The second-order valence-corrected chi connectivity index (χ2v) is 4.88. The van der Waals surface area contributed by atoms with Gasteiger partial charge in [0.25, 0.3) is 0 Å². The van der Waals surface area contributed by atoms with Gasteiger partial charge in [-0.3, -0.25) is 5.10 Å². The number of hydrogen-bond acceptors (Lipinski definition) is 5. The quantitative estimate of drug-likeness (QED) is 0.800. The number of benzene rings is 1. The van der Waals surface area contributed by atoms with Gasteiger partial charge < -0.3 is 9.64 Å². The number of ether oxygens (including phenoxy) is 1. The third-order valence-electron chi connectivity index (χ3n) is 3.14. The van der Waals surface area contributed by atoms with Crippen LogP contribution in [0.2, 0.25) is 0 Å². The highest BCUT2D eigenvalue weighted by atomic mass is 19.4. The summed E-state index contributed by atoms with van der Waals surface area (Å²) in [7, 11) is 1.78. The summed E-state index contributed by atoms with van der Waals surface area (Å²) in [6.07, 6.45) is -1.71. The molecule has 0 amide bonds. The lowest BCUT2D eigenvalue weighted by atomic mass is 10.2. The second-order valence-electron chi connectivity index (χ2n) is 4.88. The van der Waals surface area contributed by atoms with Crippen molar-refractivity contribution >= 4 is 16.9 Å². The molecule has 23 heavy (non-hydrogen) atoms. The number of hydrogen-bond donors (Lipinski definition) is 1. The van der Waals surface area contributed by atoms with E-state index in [0.29, 0.717) is 23.6 Å². The van der Waals surface area contributed by atoms with E-state index in [0.717, 1.165) is 5.39 Å². The molecule has 0 saturated heterocycles. The Bertz CT molecular complexity index is 817. The first-order chi connectivity index (χ1) is 10.9. The van der Waals surface area contributed by atoms with Crippen LogP contribution in [0.4, 0.5) is 19.0 Å². The number of aromatic nitrogens is 4. The second kappa shape index (κ2) is 5.75. The predicted molar refractivity (Wildman–Crippen MR) is 76.9 cm³/mol. The summed E-state index contributed by atoms with van der Waals surface area (Å²) in [4.78, 5) is 10.0. The van der Waals surface area contributed by atoms with Gasteiger partial charge in [-0.2, -0.15) is 5.10 Å². The van der Waals surface area contributed by atoms with Crippen LogP contribution < -0.4 is 9.64 Å². The van der Waals surface area contributed by atoms with E-state index in [-0.39, 0.29) is 5.75 Å². The van der Waals surface area contributed by atoms with Crippen LogP contribution in [0.3, 0.4) is 0 Å². The number of fused-ring (bicyclic) bond motifs is 1. The van der Waals surface area contributed by atoms with Crippen LogP contribution >= 0.6 is 0 Å². The van der Waals surface area contributed by atoms with Crippen molar-refractivity contribution in [2.45, 2.75) is 12.9 Å². The Morgan fingerprint density at radius 3 is 2.87 bits per heavy atom. The Balaban J connectivity index is 1.81. The Morgan fingerprint density at radius 2 is 2.09 bits per heavy atom. The number of halogens is 3. The van der Waals surface area contributed by atoms with E-state index in [1.807, 2.05) is 0 Å². The predicted octanol–water partition coefficient (Wildman–Crippen LogP) is 2.89. The molecule has 3 rings (SSSR count). The molecule has 0 unspecified atom stereocenters. The lowest BCUT2D eigenvalue weighted by molar-refractivity contribution is -0.274. The largest absolute Gasteiger partial charge is 0.573 e. The molecular weight excluding hydrogens is 311 g/mol. The molecule has 1 aromatic carbocycles. The Labute approximate surface area is 128 Å². The summed E-state index contributed by atoms with van der Waals surface area (Å²) in [5.41, 5.74) is 1.25. The lowest BCUT2D eigenvalue weighted by Crippen LogP contribution is -2.19. The number of H-pyrrole nitrogens is 1. The van der Waals surface area contributed by atoms with Crippen LogP contribution in [-0.2, 0) is 6.54 Å². The van der Waals surface area contributed by atoms with Crippen molar-refractivity contribution in [3.63, 3.8) is 0 Å². The zero-order valence-electron chi connectivity index (χ0n) is 12.0. The molecule has 0 bridgehead atoms. The molecule has 0 aliphatic rings. The minimum atomic E-state index is -4.71. The fourth-order valence-corrected chi connectivity index (χ4v) is 2.25. The molecule has 9 heteroatoms. The van der Waals surface area contributed by atoms with Gasteiger partial charge in [0.2, 0.25) is 0 Å². The smallest absolute Gasteiger partial charge is 0.406 e. The average Bonchev–Trinajstić information content (AvgIpc) is 2.93. The molecule has 120 valence electrons. The van der Waals surface area contributed by atoms with Crippen LogP contribution in [-0.4, -0.2) is 33.6 Å². The summed E-state index contributed by atoms with van der Waals surface area (Å²) < 4.78 is 40.8. The van der Waals surface area contributed by atoms with Crippen LogP contribution in [0.1, 0.15) is 5.56 Å². The van der Waals surface area contributed by atoms with Crippen molar-refractivity contribution in [2.24, 2.45) is 0 Å². The lowest BCUT2D eigenvalue weighted by Gasteiger charge is -2.19. The fourth-order valence-electron chi connectivity index (χ4n) is 2.25. The first-order valence-electron chi connectivity index (χ1n) is 6.62. The highest BCUT2D eigenvalue weighted by Gasteiger charge is 2.31. The van der Waals surface area contributed by atoms with E-state index in [2.05, 4.69) is 24.9 Å². The number of alkyl halides is 3. The Hall–Kier alpha value is -2.84. The third kappa shape index (κ3) is 3.50. The molecule has 6 nitrogen and oxygen atoms in total. The normalized spacial score (nSPS) is 11.7. The van der Waals surface area contributed by atoms with Gasteiger partial charge in [-0.1, -0.05) is 12.1 Å². The van der Waals surface area contributed by atoms with Gasteiger partial charge >= 0.3 is 6.36 Å². The molecule has 0 spiro atoms. The van der Waals surface area contributed by atoms with Gasteiger partial charge in [0, 0.05) is 13.6 Å². The third-order valence-corrected chi connectivity index (χ3v) is 3.14. The van der Waals surface area contributed by atoms with E-state index in [9.17, 15) is 13.2 Å². The highest BCUT2D eigenvalue weighted by molar-refractivity contribution is 5.85. The molecule has 0 radical (unpaired) electrons. The van der Waals surface area contributed by atoms with Crippen molar-refractivity contribution < 1.29 is 17.9 Å². The minimum Gasteiger partial charge on any atom is -0.406 e. The average molecular weight is 323 g/mol. The maximum Gasteiger partial charge on any atom is 0.573 e. The van der Waals surface area contributed by atoms with Crippen LogP contribution in [0, 0.1) is 0 Å². The number of rotatable bonds is 4. The van der Waals surface area contributed by atoms with Crippen molar-refractivity contribution in [2.75, 3.05) is 11.9 Å². The summed E-state index contributed by atoms with van der Waals surface area (Å²) in [6.45, 7) is 0.354. The molecule has 0 atom stereocenters. The van der Waals surface area contributed by atoms with Crippen molar-refractivity contribution in [1.82, 2.24) is 20.2 Å². The standard InChI is InChI=1S/C14H12F3N5O/c1-22(13-11-6-20-21-12(11)18-8-19-13)7-9-3-2-4-10(5-9)23-14(15,16)17/h2-6,8H,7H2,1H3,(H,18,19,20,21). The van der Waals surface area contributed by atoms with E-state index in [1.165, 1.54) is 24.5 Å². The fraction of sp³-hybridized carbons (Fsp3) is 0.214. The maximum atomic E-state index is 12.3. The van der Waals surface area contributed by atoms with Gasteiger partial charge in [-0.25, -0.2) is 9.97 Å². The monoisotopic (exact) mass is 323 g/mol. The molecule has 3 aromatic rings. The van der Waals surface area contributed by atoms with Crippen LogP contribution in [0.15, 0.2) is 36.8 Å². The van der Waals surface area contributed by atoms with E-state index in [4.69, 9.17) is 0 Å². The zero-order valence-corrected chi connectivity index (χ0v) is 12.0. The number of aromatic amines is 1. The molecule has 1 N–H and O–H groups in total. The number of anilines is 1. The molecule has 2 aromatic heterocycles. The van der Waals surface area contributed by atoms with Crippen LogP contribution in [0.5, 0.6) is 5.75 Å². The molecule has 0 aliphatic heterocycles. The SMILES string of the molecule is CN(Cc1cccc(OC(F)(F)F)c1)c1ncnc2[nH]ncc12. The molecule has 0 saturated carbocycles. The molecule has 2 heterocycles. The zero-order chi connectivity index (χ0) is 16.4. The number of nitrogens with zero attached hydrogens (tertiary/aromatic N) is 4. The van der Waals surface area contributed by atoms with Gasteiger partial charge in [0.1, 0.15) is 17.9 Å². The van der Waals surface area contributed by atoms with Gasteiger partial charge in [0.05, 0.1) is 11.6 Å². The summed E-state index contributed by atoms with van der Waals surface area (Å²) in [5, 5.41) is 7.38. The molecule has 0 aliphatic carbocycles. The van der Waals surface area contributed by atoms with Crippen molar-refractivity contribution in [1.29, 1.82) is 0 Å². The summed E-state index contributed by atoms with van der Waals surface area (Å²) in [6, 6.07) is 5.83.